The third kappa shape index (κ3) is 5.21. The highest BCUT2D eigenvalue weighted by atomic mass is 35.5. The number of halogens is 2. The first-order valence-corrected chi connectivity index (χ1v) is 9.16. The fraction of sp³-hybridized carbons (Fsp3) is 0.222. The summed E-state index contributed by atoms with van der Waals surface area (Å²) in [5.74, 6) is -0.292. The van der Waals surface area contributed by atoms with Crippen LogP contribution in [0.2, 0.25) is 5.02 Å². The summed E-state index contributed by atoms with van der Waals surface area (Å²) in [5.41, 5.74) is 1.21. The summed E-state index contributed by atoms with van der Waals surface area (Å²) >= 11 is 7.05. The number of carbonyl (C=O) groups excluding carboxylic acids is 2. The Kier molecular flexibility index (Phi) is 5.60. The topological polar surface area (TPSA) is 58.2 Å². The zero-order chi connectivity index (χ0) is 17.8. The maximum atomic E-state index is 13.1. The lowest BCUT2D eigenvalue weighted by atomic mass is 10.3. The van der Waals surface area contributed by atoms with Crippen LogP contribution in [0.1, 0.15) is 12.8 Å². The van der Waals surface area contributed by atoms with Gasteiger partial charge in [-0.25, -0.2) is 4.39 Å². The predicted octanol–water partition coefficient (Wildman–Crippen LogP) is 4.56. The lowest BCUT2D eigenvalue weighted by Crippen LogP contribution is -2.14. The predicted molar refractivity (Wildman–Crippen MR) is 98.6 cm³/mol. The van der Waals surface area contributed by atoms with Gasteiger partial charge < -0.3 is 10.6 Å². The third-order valence-corrected chi connectivity index (χ3v) is 4.94. The van der Waals surface area contributed by atoms with Crippen LogP contribution < -0.4 is 10.6 Å². The van der Waals surface area contributed by atoms with Gasteiger partial charge in [0.2, 0.25) is 11.8 Å². The fourth-order valence-electron chi connectivity index (χ4n) is 2.14. The van der Waals surface area contributed by atoms with Crippen molar-refractivity contribution in [2.24, 2.45) is 5.92 Å². The molecule has 2 aromatic rings. The van der Waals surface area contributed by atoms with Gasteiger partial charge in [0.25, 0.3) is 0 Å². The molecule has 0 spiro atoms. The molecule has 0 atom stereocenters. The van der Waals surface area contributed by atoms with Gasteiger partial charge in [0.05, 0.1) is 10.8 Å². The van der Waals surface area contributed by atoms with Crippen molar-refractivity contribution in [3.05, 3.63) is 53.3 Å². The van der Waals surface area contributed by atoms with E-state index in [9.17, 15) is 14.0 Å². The fourth-order valence-corrected chi connectivity index (χ4v) is 3.02. The molecular weight excluding hydrogens is 363 g/mol. The molecule has 0 saturated heterocycles. The van der Waals surface area contributed by atoms with Gasteiger partial charge in [0, 0.05) is 22.2 Å². The van der Waals surface area contributed by atoms with Gasteiger partial charge in [-0.2, -0.15) is 0 Å². The van der Waals surface area contributed by atoms with E-state index in [1.165, 1.54) is 30.0 Å². The van der Waals surface area contributed by atoms with Crippen LogP contribution in [0.3, 0.4) is 0 Å². The standard InChI is InChI=1S/C18H16ClFN2O2S/c19-15-9-13(5-8-16(15)20)21-17(23)10-25-14-6-3-12(4-7-14)22-18(24)11-1-2-11/h3-9,11H,1-2,10H2,(H,21,23)(H,22,24). The molecule has 0 bridgehead atoms. The maximum Gasteiger partial charge on any atom is 0.234 e. The normalized spacial score (nSPS) is 13.4. The quantitative estimate of drug-likeness (QED) is 0.724. The van der Waals surface area contributed by atoms with E-state index in [1.807, 2.05) is 24.3 Å². The van der Waals surface area contributed by atoms with Gasteiger partial charge in [0.1, 0.15) is 5.82 Å². The third-order valence-electron chi connectivity index (χ3n) is 3.64. The molecule has 0 aromatic heterocycles. The number of carbonyl (C=O) groups is 2. The van der Waals surface area contributed by atoms with E-state index in [0.717, 1.165) is 23.4 Å². The Morgan fingerprint density at radius 2 is 1.76 bits per heavy atom. The molecule has 0 unspecified atom stereocenters. The zero-order valence-corrected chi connectivity index (χ0v) is 14.8. The molecule has 25 heavy (non-hydrogen) atoms. The van der Waals surface area contributed by atoms with E-state index in [2.05, 4.69) is 10.6 Å². The van der Waals surface area contributed by atoms with E-state index < -0.39 is 5.82 Å². The molecule has 2 amide bonds. The highest BCUT2D eigenvalue weighted by Crippen LogP contribution is 2.30. The summed E-state index contributed by atoms with van der Waals surface area (Å²) in [4.78, 5) is 24.6. The van der Waals surface area contributed by atoms with Crippen LogP contribution in [0, 0.1) is 11.7 Å². The van der Waals surface area contributed by atoms with Crippen LogP contribution in [0.4, 0.5) is 15.8 Å². The lowest BCUT2D eigenvalue weighted by Gasteiger charge is -2.07. The average molecular weight is 379 g/mol. The zero-order valence-electron chi connectivity index (χ0n) is 13.2. The van der Waals surface area contributed by atoms with Crippen LogP contribution in [0.25, 0.3) is 0 Å². The van der Waals surface area contributed by atoms with Crippen LogP contribution in [0.5, 0.6) is 0 Å². The highest BCUT2D eigenvalue weighted by molar-refractivity contribution is 8.00. The monoisotopic (exact) mass is 378 g/mol. The van der Waals surface area contributed by atoms with Crippen LogP contribution in [0.15, 0.2) is 47.4 Å². The summed E-state index contributed by atoms with van der Waals surface area (Å²) in [5, 5.41) is 5.50. The molecule has 0 heterocycles. The van der Waals surface area contributed by atoms with E-state index in [-0.39, 0.29) is 28.5 Å². The number of nitrogens with one attached hydrogen (secondary N) is 2. The molecule has 3 rings (SSSR count). The Morgan fingerprint density at radius 3 is 2.40 bits per heavy atom. The average Bonchev–Trinajstić information content (AvgIpc) is 3.43. The molecule has 2 N–H and O–H groups in total. The Bertz CT molecular complexity index is 794. The summed E-state index contributed by atoms with van der Waals surface area (Å²) in [6.07, 6.45) is 1.93. The summed E-state index contributed by atoms with van der Waals surface area (Å²) < 4.78 is 13.1. The second-order valence-electron chi connectivity index (χ2n) is 5.75. The number of rotatable bonds is 6. The summed E-state index contributed by atoms with van der Waals surface area (Å²) in [7, 11) is 0. The van der Waals surface area contributed by atoms with Gasteiger partial charge in [0.15, 0.2) is 0 Å². The van der Waals surface area contributed by atoms with Crippen molar-refractivity contribution in [2.45, 2.75) is 17.7 Å². The Balaban J connectivity index is 1.48. The molecule has 1 aliphatic rings. The summed E-state index contributed by atoms with van der Waals surface area (Å²) in [6, 6.07) is 11.4. The number of hydrogen-bond acceptors (Lipinski definition) is 3. The molecule has 1 fully saturated rings. The molecule has 2 aromatic carbocycles. The largest absolute Gasteiger partial charge is 0.326 e. The number of hydrogen-bond donors (Lipinski definition) is 2. The second kappa shape index (κ2) is 7.89. The first-order valence-electron chi connectivity index (χ1n) is 7.80. The number of thioether (sulfide) groups is 1. The minimum absolute atomic E-state index is 0.0331. The molecule has 4 nitrogen and oxygen atoms in total. The second-order valence-corrected chi connectivity index (χ2v) is 7.21. The minimum Gasteiger partial charge on any atom is -0.326 e. The van der Waals surface area contributed by atoms with Gasteiger partial charge in [-0.3, -0.25) is 9.59 Å². The Hall–Kier alpha value is -2.05. The molecule has 0 radical (unpaired) electrons. The maximum absolute atomic E-state index is 13.1. The van der Waals surface area contributed by atoms with Crippen LogP contribution in [-0.4, -0.2) is 17.6 Å². The van der Waals surface area contributed by atoms with Gasteiger partial charge in [-0.15, -0.1) is 11.8 Å². The van der Waals surface area contributed by atoms with E-state index in [0.29, 0.717) is 5.69 Å². The molecular formula is C18H16ClFN2O2S. The van der Waals surface area contributed by atoms with E-state index in [4.69, 9.17) is 11.6 Å². The van der Waals surface area contributed by atoms with Crippen LogP contribution in [-0.2, 0) is 9.59 Å². The van der Waals surface area contributed by atoms with Crippen molar-refractivity contribution >= 4 is 46.6 Å². The van der Waals surface area contributed by atoms with Crippen molar-refractivity contribution < 1.29 is 14.0 Å². The SMILES string of the molecule is O=C(CSc1ccc(NC(=O)C2CC2)cc1)Nc1ccc(F)c(Cl)c1. The molecule has 130 valence electrons. The first-order chi connectivity index (χ1) is 12.0. The molecule has 7 heteroatoms. The van der Waals surface area contributed by atoms with E-state index in [1.54, 1.807) is 0 Å². The molecule has 1 aliphatic carbocycles. The Morgan fingerprint density at radius 1 is 1.08 bits per heavy atom. The van der Waals surface area contributed by atoms with Crippen molar-refractivity contribution in [2.75, 3.05) is 16.4 Å². The first kappa shape index (κ1) is 17.8. The van der Waals surface area contributed by atoms with Gasteiger partial charge in [-0.1, -0.05) is 11.6 Å². The van der Waals surface area contributed by atoms with Crippen molar-refractivity contribution in [1.29, 1.82) is 0 Å². The lowest BCUT2D eigenvalue weighted by molar-refractivity contribution is -0.117. The highest BCUT2D eigenvalue weighted by Gasteiger charge is 2.29. The van der Waals surface area contributed by atoms with Crippen molar-refractivity contribution in [3.63, 3.8) is 0 Å². The Labute approximate surface area is 154 Å². The molecule has 1 saturated carbocycles. The van der Waals surface area contributed by atoms with Crippen LogP contribution >= 0.6 is 23.4 Å². The van der Waals surface area contributed by atoms with Gasteiger partial charge in [-0.05, 0) is 55.3 Å². The van der Waals surface area contributed by atoms with Crippen molar-refractivity contribution in [1.82, 2.24) is 0 Å². The van der Waals surface area contributed by atoms with Gasteiger partial charge >= 0.3 is 0 Å². The van der Waals surface area contributed by atoms with E-state index >= 15 is 0 Å². The number of benzene rings is 2. The number of anilines is 2. The minimum atomic E-state index is -0.525. The number of amides is 2. The summed E-state index contributed by atoms with van der Waals surface area (Å²) in [6.45, 7) is 0. The molecule has 0 aliphatic heterocycles. The smallest absolute Gasteiger partial charge is 0.234 e. The van der Waals surface area contributed by atoms with Crippen molar-refractivity contribution in [3.8, 4) is 0 Å².